The molecule has 2 aliphatic rings. The van der Waals surface area contributed by atoms with Gasteiger partial charge >= 0.3 is 0 Å². The van der Waals surface area contributed by atoms with Crippen LogP contribution in [0, 0.1) is 0 Å². The molecule has 1 aromatic heterocycles. The SMILES string of the molecule is CCN1CCN(CCC(=O)N2C[C@H](OC)CC2c2ncc[nH]2)CC1. The van der Waals surface area contributed by atoms with Crippen LogP contribution in [-0.2, 0) is 9.53 Å². The third-order valence-corrected chi connectivity index (χ3v) is 5.31. The molecular formula is C17H29N5O2. The number of likely N-dealkylation sites (N-methyl/N-ethyl adjacent to an activating group) is 1. The predicted molar refractivity (Wildman–Crippen MR) is 91.6 cm³/mol. The second kappa shape index (κ2) is 8.09. The van der Waals surface area contributed by atoms with Gasteiger partial charge in [-0.15, -0.1) is 0 Å². The molecule has 2 fully saturated rings. The zero-order valence-electron chi connectivity index (χ0n) is 14.8. The first kappa shape index (κ1) is 17.4. The number of nitrogens with one attached hydrogen (secondary N) is 1. The molecule has 0 bridgehead atoms. The smallest absolute Gasteiger partial charge is 0.224 e. The molecule has 2 aliphatic heterocycles. The van der Waals surface area contributed by atoms with E-state index in [0.717, 1.165) is 51.5 Å². The number of piperazine rings is 1. The standard InChI is InChI=1S/C17H29N5O2/c1-3-20-8-10-21(11-9-20)7-4-16(23)22-13-14(24-2)12-15(22)17-18-5-6-19-17/h5-6,14-15H,3-4,7-13H2,1-2H3,(H,18,19)/t14-,15?/m1/s1. The Kier molecular flexibility index (Phi) is 5.86. The molecule has 7 heteroatoms. The fourth-order valence-electron chi connectivity index (χ4n) is 3.69. The number of likely N-dealkylation sites (tertiary alicyclic amines) is 1. The van der Waals surface area contributed by atoms with Crippen LogP contribution in [0.15, 0.2) is 12.4 Å². The number of amides is 1. The fourth-order valence-corrected chi connectivity index (χ4v) is 3.69. The summed E-state index contributed by atoms with van der Waals surface area (Å²) in [5.74, 6) is 1.06. The van der Waals surface area contributed by atoms with Crippen molar-refractivity contribution in [3.05, 3.63) is 18.2 Å². The van der Waals surface area contributed by atoms with E-state index in [1.165, 1.54) is 0 Å². The molecule has 2 saturated heterocycles. The second-order valence-electron chi connectivity index (χ2n) is 6.66. The molecule has 1 aromatic rings. The van der Waals surface area contributed by atoms with Gasteiger partial charge in [0.1, 0.15) is 5.82 Å². The number of H-pyrrole nitrogens is 1. The molecule has 24 heavy (non-hydrogen) atoms. The summed E-state index contributed by atoms with van der Waals surface area (Å²) >= 11 is 0. The van der Waals surface area contributed by atoms with E-state index >= 15 is 0 Å². The molecule has 1 amide bonds. The Balaban J connectivity index is 1.53. The highest BCUT2D eigenvalue weighted by Crippen LogP contribution is 2.31. The number of ether oxygens (including phenoxy) is 1. The molecule has 0 radical (unpaired) electrons. The highest BCUT2D eigenvalue weighted by molar-refractivity contribution is 5.77. The maximum atomic E-state index is 12.8. The Morgan fingerprint density at radius 3 is 2.71 bits per heavy atom. The van der Waals surface area contributed by atoms with Crippen molar-refractivity contribution in [1.29, 1.82) is 0 Å². The van der Waals surface area contributed by atoms with Crippen molar-refractivity contribution >= 4 is 5.91 Å². The summed E-state index contributed by atoms with van der Waals surface area (Å²) in [6, 6.07) is 0.00869. The normalized spacial score (nSPS) is 26.2. The number of carbonyl (C=O) groups excluding carboxylic acids is 1. The second-order valence-corrected chi connectivity index (χ2v) is 6.66. The van der Waals surface area contributed by atoms with Crippen LogP contribution in [0.5, 0.6) is 0 Å². The Morgan fingerprint density at radius 1 is 1.33 bits per heavy atom. The van der Waals surface area contributed by atoms with Crippen LogP contribution in [0.1, 0.15) is 31.6 Å². The summed E-state index contributed by atoms with van der Waals surface area (Å²) in [6.07, 6.45) is 5.03. The summed E-state index contributed by atoms with van der Waals surface area (Å²) < 4.78 is 5.49. The number of methoxy groups -OCH3 is 1. The summed E-state index contributed by atoms with van der Waals surface area (Å²) in [4.78, 5) is 27.1. The quantitative estimate of drug-likeness (QED) is 0.830. The van der Waals surface area contributed by atoms with Crippen LogP contribution in [0.25, 0.3) is 0 Å². The molecule has 3 heterocycles. The van der Waals surface area contributed by atoms with Gasteiger partial charge in [0, 0.05) is 71.6 Å². The molecule has 1 unspecified atom stereocenters. The highest BCUT2D eigenvalue weighted by Gasteiger charge is 2.37. The Bertz CT molecular complexity index is 513. The van der Waals surface area contributed by atoms with Gasteiger partial charge < -0.3 is 24.4 Å². The highest BCUT2D eigenvalue weighted by atomic mass is 16.5. The largest absolute Gasteiger partial charge is 0.380 e. The zero-order valence-corrected chi connectivity index (χ0v) is 14.8. The first-order chi connectivity index (χ1) is 11.7. The van der Waals surface area contributed by atoms with E-state index in [4.69, 9.17) is 4.74 Å². The fraction of sp³-hybridized carbons (Fsp3) is 0.765. The maximum absolute atomic E-state index is 12.8. The average Bonchev–Trinajstić information content (AvgIpc) is 3.29. The van der Waals surface area contributed by atoms with Gasteiger partial charge in [-0.25, -0.2) is 4.98 Å². The third-order valence-electron chi connectivity index (χ3n) is 5.31. The van der Waals surface area contributed by atoms with Gasteiger partial charge in [-0.1, -0.05) is 6.92 Å². The van der Waals surface area contributed by atoms with Gasteiger partial charge in [0.15, 0.2) is 0 Å². The van der Waals surface area contributed by atoms with E-state index in [9.17, 15) is 4.79 Å². The zero-order chi connectivity index (χ0) is 16.9. The first-order valence-corrected chi connectivity index (χ1v) is 8.97. The Hall–Kier alpha value is -1.44. The number of aromatic nitrogens is 2. The number of carbonyl (C=O) groups is 1. The van der Waals surface area contributed by atoms with Crippen molar-refractivity contribution in [1.82, 2.24) is 24.7 Å². The van der Waals surface area contributed by atoms with Gasteiger partial charge in [-0.3, -0.25) is 4.79 Å². The van der Waals surface area contributed by atoms with E-state index in [1.807, 2.05) is 11.1 Å². The minimum atomic E-state index is 0.00869. The van der Waals surface area contributed by atoms with Crippen LogP contribution in [-0.4, -0.2) is 89.6 Å². The molecule has 7 nitrogen and oxygen atoms in total. The molecule has 0 spiro atoms. The number of rotatable bonds is 6. The van der Waals surface area contributed by atoms with Gasteiger partial charge in [0.25, 0.3) is 0 Å². The van der Waals surface area contributed by atoms with Gasteiger partial charge in [0.05, 0.1) is 12.1 Å². The van der Waals surface area contributed by atoms with Crippen LogP contribution in [0.4, 0.5) is 0 Å². The van der Waals surface area contributed by atoms with Crippen molar-refractivity contribution in [3.63, 3.8) is 0 Å². The van der Waals surface area contributed by atoms with E-state index < -0.39 is 0 Å². The van der Waals surface area contributed by atoms with Crippen molar-refractivity contribution in [2.75, 3.05) is 52.9 Å². The van der Waals surface area contributed by atoms with Crippen LogP contribution in [0.2, 0.25) is 0 Å². The third kappa shape index (κ3) is 3.96. The van der Waals surface area contributed by atoms with E-state index in [1.54, 1.807) is 13.3 Å². The molecule has 134 valence electrons. The monoisotopic (exact) mass is 335 g/mol. The molecule has 1 N–H and O–H groups in total. The van der Waals surface area contributed by atoms with Crippen molar-refractivity contribution in [2.24, 2.45) is 0 Å². The molecule has 0 aromatic carbocycles. The molecule has 3 rings (SSSR count). The van der Waals surface area contributed by atoms with Crippen LogP contribution < -0.4 is 0 Å². The van der Waals surface area contributed by atoms with Crippen molar-refractivity contribution in [2.45, 2.75) is 31.9 Å². The molecule has 0 saturated carbocycles. The summed E-state index contributed by atoms with van der Waals surface area (Å²) in [5.41, 5.74) is 0. The molecular weight excluding hydrogens is 306 g/mol. The lowest BCUT2D eigenvalue weighted by Gasteiger charge is -2.34. The number of nitrogens with zero attached hydrogens (tertiary/aromatic N) is 4. The first-order valence-electron chi connectivity index (χ1n) is 8.97. The van der Waals surface area contributed by atoms with Crippen LogP contribution >= 0.6 is 0 Å². The van der Waals surface area contributed by atoms with E-state index in [-0.39, 0.29) is 18.1 Å². The minimum Gasteiger partial charge on any atom is -0.380 e. The number of hydrogen-bond donors (Lipinski definition) is 1. The summed E-state index contributed by atoms with van der Waals surface area (Å²) in [7, 11) is 1.71. The Labute approximate surface area is 144 Å². The maximum Gasteiger partial charge on any atom is 0.224 e. The van der Waals surface area contributed by atoms with Gasteiger partial charge in [-0.2, -0.15) is 0 Å². The number of hydrogen-bond acceptors (Lipinski definition) is 5. The number of imidazole rings is 1. The van der Waals surface area contributed by atoms with Crippen molar-refractivity contribution < 1.29 is 9.53 Å². The van der Waals surface area contributed by atoms with E-state index in [2.05, 4.69) is 26.7 Å². The lowest BCUT2D eigenvalue weighted by atomic mass is 10.2. The molecule has 2 atom stereocenters. The average molecular weight is 335 g/mol. The lowest BCUT2D eigenvalue weighted by Crippen LogP contribution is -2.47. The van der Waals surface area contributed by atoms with Gasteiger partial charge in [0.2, 0.25) is 5.91 Å². The minimum absolute atomic E-state index is 0.00869. The van der Waals surface area contributed by atoms with Crippen LogP contribution in [0.3, 0.4) is 0 Å². The van der Waals surface area contributed by atoms with E-state index in [0.29, 0.717) is 13.0 Å². The van der Waals surface area contributed by atoms with Gasteiger partial charge in [-0.05, 0) is 6.54 Å². The lowest BCUT2D eigenvalue weighted by molar-refractivity contribution is -0.133. The van der Waals surface area contributed by atoms with Crippen molar-refractivity contribution in [3.8, 4) is 0 Å². The summed E-state index contributed by atoms with van der Waals surface area (Å²) in [6.45, 7) is 9.15. The molecule has 0 aliphatic carbocycles. The number of aromatic amines is 1. The predicted octanol–water partition coefficient (Wildman–Crippen LogP) is 0.726. The topological polar surface area (TPSA) is 64.7 Å². The Morgan fingerprint density at radius 2 is 2.08 bits per heavy atom. The summed E-state index contributed by atoms with van der Waals surface area (Å²) in [5, 5.41) is 0.